The molecular formula is C19H26N2O4S. The molecular weight excluding hydrogens is 352 g/mol. The van der Waals surface area contributed by atoms with E-state index < -0.39 is 16.0 Å². The summed E-state index contributed by atoms with van der Waals surface area (Å²) in [7, 11) is -2.19. The van der Waals surface area contributed by atoms with E-state index in [0.29, 0.717) is 17.1 Å². The molecule has 0 atom stereocenters. The number of sulfonamides is 1. The topological polar surface area (TPSA) is 68.6 Å². The van der Waals surface area contributed by atoms with Crippen molar-refractivity contribution in [1.29, 1.82) is 0 Å². The van der Waals surface area contributed by atoms with Gasteiger partial charge in [0.1, 0.15) is 10.5 Å². The van der Waals surface area contributed by atoms with Gasteiger partial charge in [-0.15, -0.1) is 0 Å². The van der Waals surface area contributed by atoms with Gasteiger partial charge in [0.15, 0.2) is 0 Å². The van der Waals surface area contributed by atoms with Crippen molar-refractivity contribution in [3.8, 4) is 0 Å². The van der Waals surface area contributed by atoms with Crippen LogP contribution in [0, 0.1) is 20.8 Å². The molecule has 0 aliphatic rings. The van der Waals surface area contributed by atoms with Crippen LogP contribution in [-0.2, 0) is 21.8 Å². The number of esters is 1. The molecule has 2 aromatic rings. The summed E-state index contributed by atoms with van der Waals surface area (Å²) >= 11 is 0. The SMILES string of the molecule is CCOC(=O)c1c(S(=O)(=O)N(CC)c2cccc(C)c2)c(C)n(C)c1C. The molecule has 0 spiro atoms. The average Bonchev–Trinajstić information content (AvgIpc) is 2.80. The summed E-state index contributed by atoms with van der Waals surface area (Å²) in [5.74, 6) is -0.618. The van der Waals surface area contributed by atoms with Crippen molar-refractivity contribution >= 4 is 21.7 Å². The molecule has 2 rings (SSSR count). The molecule has 0 radical (unpaired) electrons. The lowest BCUT2D eigenvalue weighted by Gasteiger charge is -2.24. The Morgan fingerprint density at radius 1 is 1.15 bits per heavy atom. The van der Waals surface area contributed by atoms with Crippen molar-refractivity contribution in [3.63, 3.8) is 0 Å². The molecule has 0 amide bonds. The number of hydrogen-bond acceptors (Lipinski definition) is 4. The van der Waals surface area contributed by atoms with Crippen LogP contribution >= 0.6 is 0 Å². The molecule has 0 bridgehead atoms. The van der Waals surface area contributed by atoms with Crippen LogP contribution in [0.15, 0.2) is 29.2 Å². The molecule has 0 saturated heterocycles. The van der Waals surface area contributed by atoms with E-state index in [-0.39, 0.29) is 23.6 Å². The van der Waals surface area contributed by atoms with E-state index in [9.17, 15) is 13.2 Å². The Morgan fingerprint density at radius 3 is 2.35 bits per heavy atom. The second-order valence-electron chi connectivity index (χ2n) is 6.16. The highest BCUT2D eigenvalue weighted by Gasteiger charge is 2.35. The number of benzene rings is 1. The van der Waals surface area contributed by atoms with E-state index in [2.05, 4.69) is 0 Å². The highest BCUT2D eigenvalue weighted by molar-refractivity contribution is 7.93. The highest BCUT2D eigenvalue weighted by Crippen LogP contribution is 2.32. The van der Waals surface area contributed by atoms with Gasteiger partial charge in [-0.05, 0) is 52.3 Å². The number of anilines is 1. The summed E-state index contributed by atoms with van der Waals surface area (Å²) in [6.07, 6.45) is 0. The average molecular weight is 378 g/mol. The molecule has 1 aromatic carbocycles. The fourth-order valence-corrected chi connectivity index (χ4v) is 5.01. The normalized spacial score (nSPS) is 11.5. The van der Waals surface area contributed by atoms with E-state index in [1.54, 1.807) is 45.4 Å². The molecule has 0 aliphatic heterocycles. The number of ether oxygens (including phenoxy) is 1. The smallest absolute Gasteiger partial charge is 0.341 e. The number of carbonyl (C=O) groups excluding carboxylic acids is 1. The van der Waals surface area contributed by atoms with Gasteiger partial charge in [0.25, 0.3) is 10.0 Å². The number of aryl methyl sites for hydroxylation is 1. The van der Waals surface area contributed by atoms with Crippen LogP contribution < -0.4 is 4.31 Å². The van der Waals surface area contributed by atoms with Crippen LogP contribution in [0.2, 0.25) is 0 Å². The second kappa shape index (κ2) is 7.53. The van der Waals surface area contributed by atoms with Gasteiger partial charge >= 0.3 is 5.97 Å². The first-order valence-electron chi connectivity index (χ1n) is 8.59. The van der Waals surface area contributed by atoms with E-state index in [4.69, 9.17) is 4.74 Å². The largest absolute Gasteiger partial charge is 0.462 e. The van der Waals surface area contributed by atoms with Gasteiger partial charge in [0.2, 0.25) is 0 Å². The Morgan fingerprint density at radius 2 is 1.81 bits per heavy atom. The van der Waals surface area contributed by atoms with E-state index >= 15 is 0 Å². The van der Waals surface area contributed by atoms with E-state index in [0.717, 1.165) is 5.56 Å². The fraction of sp³-hybridized carbons (Fsp3) is 0.421. The zero-order valence-corrected chi connectivity index (χ0v) is 17.0. The van der Waals surface area contributed by atoms with Gasteiger partial charge in [-0.25, -0.2) is 13.2 Å². The number of aromatic nitrogens is 1. The third kappa shape index (κ3) is 3.35. The minimum atomic E-state index is -3.94. The van der Waals surface area contributed by atoms with Crippen LogP contribution in [0.4, 0.5) is 5.69 Å². The van der Waals surface area contributed by atoms with Crippen LogP contribution in [-0.4, -0.2) is 32.1 Å². The number of rotatable bonds is 6. The number of nitrogens with zero attached hydrogens (tertiary/aromatic N) is 2. The first-order valence-corrected chi connectivity index (χ1v) is 10.0. The second-order valence-corrected chi connectivity index (χ2v) is 7.96. The minimum absolute atomic E-state index is 0.0132. The Bertz CT molecular complexity index is 929. The predicted octanol–water partition coefficient (Wildman–Crippen LogP) is 3.34. The van der Waals surface area contributed by atoms with E-state index in [1.807, 2.05) is 25.1 Å². The van der Waals surface area contributed by atoms with Crippen LogP contribution in [0.5, 0.6) is 0 Å². The molecule has 7 heteroatoms. The Balaban J connectivity index is 2.72. The quantitative estimate of drug-likeness (QED) is 0.723. The summed E-state index contributed by atoms with van der Waals surface area (Å²) in [6.45, 7) is 9.24. The summed E-state index contributed by atoms with van der Waals surface area (Å²) in [4.78, 5) is 12.5. The van der Waals surface area contributed by atoms with Gasteiger partial charge in [0.05, 0.1) is 12.3 Å². The van der Waals surface area contributed by atoms with Crippen molar-refractivity contribution in [3.05, 3.63) is 46.8 Å². The van der Waals surface area contributed by atoms with Gasteiger partial charge in [-0.3, -0.25) is 4.31 Å². The van der Waals surface area contributed by atoms with Crippen LogP contribution in [0.25, 0.3) is 0 Å². The third-order valence-electron chi connectivity index (χ3n) is 4.53. The summed E-state index contributed by atoms with van der Waals surface area (Å²) < 4.78 is 35.1. The molecule has 1 aromatic heterocycles. The Hall–Kier alpha value is -2.28. The maximum absolute atomic E-state index is 13.5. The van der Waals surface area contributed by atoms with Gasteiger partial charge in [-0.1, -0.05) is 12.1 Å². The third-order valence-corrected chi connectivity index (χ3v) is 6.59. The van der Waals surface area contributed by atoms with Crippen LogP contribution in [0.3, 0.4) is 0 Å². The molecule has 0 N–H and O–H groups in total. The monoisotopic (exact) mass is 378 g/mol. The summed E-state index contributed by atoms with van der Waals surface area (Å²) in [5.41, 5.74) is 2.72. The fourth-order valence-electron chi connectivity index (χ4n) is 3.06. The van der Waals surface area contributed by atoms with Crippen molar-refractivity contribution in [1.82, 2.24) is 4.57 Å². The molecule has 142 valence electrons. The van der Waals surface area contributed by atoms with Crippen molar-refractivity contribution in [2.45, 2.75) is 39.5 Å². The molecule has 0 unspecified atom stereocenters. The number of carbonyl (C=O) groups is 1. The maximum Gasteiger partial charge on any atom is 0.341 e. The zero-order valence-electron chi connectivity index (χ0n) is 16.2. The first kappa shape index (κ1) is 20.0. The zero-order chi connectivity index (χ0) is 19.6. The first-order chi connectivity index (χ1) is 12.2. The number of hydrogen-bond donors (Lipinski definition) is 0. The van der Waals surface area contributed by atoms with Crippen molar-refractivity contribution in [2.75, 3.05) is 17.5 Å². The lowest BCUT2D eigenvalue weighted by Crippen LogP contribution is -2.32. The Labute approximate surface area is 155 Å². The molecule has 6 nitrogen and oxygen atoms in total. The molecule has 1 heterocycles. The summed E-state index contributed by atoms with van der Waals surface area (Å²) in [5, 5.41) is 0. The standard InChI is InChI=1S/C19H26N2O4S/c1-7-21(16-11-9-10-13(3)12-16)26(23,24)18-15(5)20(6)14(4)17(18)19(22)25-8-2/h9-12H,7-8H2,1-6H3. The molecule has 0 aliphatic carbocycles. The maximum atomic E-state index is 13.5. The van der Waals surface area contributed by atoms with Crippen molar-refractivity contribution < 1.29 is 17.9 Å². The van der Waals surface area contributed by atoms with Gasteiger partial charge in [-0.2, -0.15) is 0 Å². The predicted molar refractivity (Wildman–Crippen MR) is 102 cm³/mol. The van der Waals surface area contributed by atoms with Crippen molar-refractivity contribution in [2.24, 2.45) is 7.05 Å². The van der Waals surface area contributed by atoms with Gasteiger partial charge in [0, 0.05) is 25.0 Å². The molecule has 0 saturated carbocycles. The van der Waals surface area contributed by atoms with Crippen LogP contribution in [0.1, 0.15) is 41.2 Å². The summed E-state index contributed by atoms with van der Waals surface area (Å²) in [6, 6.07) is 7.30. The lowest BCUT2D eigenvalue weighted by atomic mass is 10.2. The van der Waals surface area contributed by atoms with Gasteiger partial charge < -0.3 is 9.30 Å². The molecule has 26 heavy (non-hydrogen) atoms. The Kier molecular flexibility index (Phi) is 5.81. The lowest BCUT2D eigenvalue weighted by molar-refractivity contribution is 0.0521. The highest BCUT2D eigenvalue weighted by atomic mass is 32.2. The molecule has 0 fully saturated rings. The minimum Gasteiger partial charge on any atom is -0.462 e. The van der Waals surface area contributed by atoms with E-state index in [1.165, 1.54) is 4.31 Å².